The lowest BCUT2D eigenvalue weighted by atomic mass is 10.2. The van der Waals surface area contributed by atoms with Crippen LogP contribution in [0.3, 0.4) is 0 Å². The average Bonchev–Trinajstić information content (AvgIpc) is 2.77. The Kier molecular flexibility index (Phi) is 4.18. The molecule has 0 unspecified atom stereocenters. The van der Waals surface area contributed by atoms with Crippen LogP contribution in [0.25, 0.3) is 0 Å². The second-order valence-electron chi connectivity index (χ2n) is 3.38. The Morgan fingerprint density at radius 3 is 2.94 bits per heavy atom. The summed E-state index contributed by atoms with van der Waals surface area (Å²) in [5, 5.41) is 11.4. The van der Waals surface area contributed by atoms with Crippen molar-refractivity contribution in [2.45, 2.75) is 0 Å². The Hall–Kier alpha value is -1.58. The summed E-state index contributed by atoms with van der Waals surface area (Å²) in [7, 11) is 0. The molecule has 7 heteroatoms. The van der Waals surface area contributed by atoms with Crippen LogP contribution in [-0.4, -0.2) is 24.2 Å². The molecule has 0 aromatic heterocycles. The van der Waals surface area contributed by atoms with Crippen LogP contribution in [0.15, 0.2) is 12.1 Å². The number of hydrogen-bond donors (Lipinski definition) is 1. The number of rotatable bonds is 4. The predicted molar refractivity (Wildman–Crippen MR) is 69.1 cm³/mol. The minimum absolute atomic E-state index is 0.154. The number of thioether (sulfide) groups is 1. The summed E-state index contributed by atoms with van der Waals surface area (Å²) in [6.45, 7) is 0.154. The number of fused-ring (bicyclic) bond motifs is 1. The zero-order valence-electron chi connectivity index (χ0n) is 9.23. The van der Waals surface area contributed by atoms with Crippen LogP contribution >= 0.6 is 23.4 Å². The Labute approximate surface area is 113 Å². The van der Waals surface area contributed by atoms with Crippen molar-refractivity contribution in [3.05, 3.63) is 17.2 Å². The molecule has 1 N–H and O–H groups in total. The van der Waals surface area contributed by atoms with Gasteiger partial charge in [0.25, 0.3) is 0 Å². The molecule has 0 spiro atoms. The van der Waals surface area contributed by atoms with E-state index >= 15 is 0 Å². The molecule has 0 saturated carbocycles. The topological polar surface area (TPSA) is 71.4 Å². The number of benzene rings is 1. The third kappa shape index (κ3) is 3.00. The summed E-state index contributed by atoms with van der Waals surface area (Å²) in [5.41, 5.74) is 0.475. The van der Waals surface area contributed by atoms with E-state index in [2.05, 4.69) is 5.32 Å². The van der Waals surface area contributed by atoms with Crippen LogP contribution in [0.1, 0.15) is 0 Å². The molecule has 1 aromatic rings. The van der Waals surface area contributed by atoms with Crippen molar-refractivity contribution < 1.29 is 14.3 Å². The number of hydrogen-bond acceptors (Lipinski definition) is 5. The predicted octanol–water partition coefficient (Wildman–Crippen LogP) is 2.26. The first-order valence-corrected chi connectivity index (χ1v) is 6.57. The average molecular weight is 285 g/mol. The molecular formula is C11H9ClN2O3S. The molecule has 0 bridgehead atoms. The van der Waals surface area contributed by atoms with Gasteiger partial charge in [0.05, 0.1) is 28.3 Å². The van der Waals surface area contributed by atoms with Gasteiger partial charge < -0.3 is 14.8 Å². The van der Waals surface area contributed by atoms with Crippen molar-refractivity contribution in [2.24, 2.45) is 0 Å². The lowest BCUT2D eigenvalue weighted by molar-refractivity contribution is -0.113. The number of carbonyl (C=O) groups excluding carboxylic acids is 1. The number of amides is 1. The molecule has 1 aromatic carbocycles. The van der Waals surface area contributed by atoms with Gasteiger partial charge in [-0.3, -0.25) is 4.79 Å². The fourth-order valence-corrected chi connectivity index (χ4v) is 2.04. The lowest BCUT2D eigenvalue weighted by Gasteiger charge is -2.07. The zero-order valence-corrected chi connectivity index (χ0v) is 10.8. The summed E-state index contributed by atoms with van der Waals surface area (Å²) in [5.74, 6) is 1.40. The smallest absolute Gasteiger partial charge is 0.234 e. The van der Waals surface area contributed by atoms with E-state index in [1.165, 1.54) is 11.8 Å². The van der Waals surface area contributed by atoms with Crippen LogP contribution in [-0.2, 0) is 4.79 Å². The first kappa shape index (κ1) is 12.9. The minimum atomic E-state index is -0.212. The SMILES string of the molecule is N#CCSCC(=O)Nc1cc2c(cc1Cl)OCO2. The first-order chi connectivity index (χ1) is 8.70. The molecule has 0 atom stereocenters. The molecule has 18 heavy (non-hydrogen) atoms. The van der Waals surface area contributed by atoms with E-state index in [9.17, 15) is 4.79 Å². The number of anilines is 1. The van der Waals surface area contributed by atoms with Crippen molar-refractivity contribution in [3.8, 4) is 17.6 Å². The van der Waals surface area contributed by atoms with Gasteiger partial charge in [-0.2, -0.15) is 5.26 Å². The van der Waals surface area contributed by atoms with Crippen LogP contribution in [0, 0.1) is 11.3 Å². The number of nitriles is 1. The molecule has 0 aliphatic carbocycles. The molecule has 1 heterocycles. The molecule has 1 aliphatic heterocycles. The maximum Gasteiger partial charge on any atom is 0.234 e. The Morgan fingerprint density at radius 1 is 1.50 bits per heavy atom. The van der Waals surface area contributed by atoms with E-state index in [0.29, 0.717) is 22.2 Å². The molecule has 0 fully saturated rings. The maximum atomic E-state index is 11.6. The number of ether oxygens (including phenoxy) is 2. The summed E-state index contributed by atoms with van der Waals surface area (Å²) in [6, 6.07) is 5.17. The van der Waals surface area contributed by atoms with Gasteiger partial charge >= 0.3 is 0 Å². The Morgan fingerprint density at radius 2 is 2.22 bits per heavy atom. The quantitative estimate of drug-likeness (QED) is 0.859. The highest BCUT2D eigenvalue weighted by Gasteiger charge is 2.17. The number of carbonyl (C=O) groups is 1. The van der Waals surface area contributed by atoms with E-state index in [0.717, 1.165) is 0 Å². The van der Waals surface area contributed by atoms with Crippen LogP contribution in [0.2, 0.25) is 5.02 Å². The summed E-state index contributed by atoms with van der Waals surface area (Å²) < 4.78 is 10.4. The van der Waals surface area contributed by atoms with Gasteiger partial charge in [-0.1, -0.05) is 11.6 Å². The molecular weight excluding hydrogens is 276 g/mol. The van der Waals surface area contributed by atoms with Gasteiger partial charge in [0, 0.05) is 12.1 Å². The van der Waals surface area contributed by atoms with Crippen LogP contribution in [0.5, 0.6) is 11.5 Å². The van der Waals surface area contributed by atoms with Gasteiger partial charge in [0.2, 0.25) is 12.7 Å². The second kappa shape index (κ2) is 5.85. The van der Waals surface area contributed by atoms with Crippen molar-refractivity contribution >= 4 is 35.0 Å². The molecule has 0 saturated heterocycles. The zero-order chi connectivity index (χ0) is 13.0. The number of nitrogens with one attached hydrogen (secondary N) is 1. The van der Waals surface area contributed by atoms with Gasteiger partial charge in [-0.15, -0.1) is 11.8 Å². The van der Waals surface area contributed by atoms with E-state index in [-0.39, 0.29) is 24.2 Å². The monoisotopic (exact) mass is 284 g/mol. The summed E-state index contributed by atoms with van der Waals surface area (Å²) >= 11 is 7.24. The molecule has 94 valence electrons. The number of halogens is 1. The Bertz CT molecular complexity index is 516. The third-order valence-corrected chi connectivity index (χ3v) is 3.25. The summed E-state index contributed by atoms with van der Waals surface area (Å²) in [6.07, 6.45) is 0. The third-order valence-electron chi connectivity index (χ3n) is 2.14. The van der Waals surface area contributed by atoms with E-state index < -0.39 is 0 Å². The van der Waals surface area contributed by atoms with E-state index in [1.54, 1.807) is 12.1 Å². The van der Waals surface area contributed by atoms with Crippen molar-refractivity contribution in [3.63, 3.8) is 0 Å². The van der Waals surface area contributed by atoms with Gasteiger partial charge in [0.15, 0.2) is 11.5 Å². The molecule has 1 aliphatic rings. The lowest BCUT2D eigenvalue weighted by Crippen LogP contribution is -2.14. The largest absolute Gasteiger partial charge is 0.454 e. The van der Waals surface area contributed by atoms with Gasteiger partial charge in [-0.05, 0) is 0 Å². The van der Waals surface area contributed by atoms with Crippen molar-refractivity contribution in [1.29, 1.82) is 5.26 Å². The highest BCUT2D eigenvalue weighted by Crippen LogP contribution is 2.39. The Balaban J connectivity index is 2.01. The first-order valence-electron chi connectivity index (χ1n) is 5.04. The van der Waals surface area contributed by atoms with Crippen LogP contribution in [0.4, 0.5) is 5.69 Å². The number of nitrogens with zero attached hydrogens (tertiary/aromatic N) is 1. The molecule has 5 nitrogen and oxygen atoms in total. The van der Waals surface area contributed by atoms with Crippen molar-refractivity contribution in [1.82, 2.24) is 0 Å². The van der Waals surface area contributed by atoms with E-state index in [1.807, 2.05) is 6.07 Å². The van der Waals surface area contributed by atoms with Crippen LogP contribution < -0.4 is 14.8 Å². The second-order valence-corrected chi connectivity index (χ2v) is 4.78. The van der Waals surface area contributed by atoms with E-state index in [4.69, 9.17) is 26.3 Å². The van der Waals surface area contributed by atoms with Gasteiger partial charge in [0.1, 0.15) is 0 Å². The molecule has 0 radical (unpaired) electrons. The fraction of sp³-hybridized carbons (Fsp3) is 0.273. The maximum absolute atomic E-state index is 11.6. The normalized spacial score (nSPS) is 12.0. The highest BCUT2D eigenvalue weighted by atomic mass is 35.5. The molecule has 2 rings (SSSR count). The standard InChI is InChI=1S/C11H9ClN2O3S/c12-7-3-9-10(17-6-16-9)4-8(7)14-11(15)5-18-2-1-13/h3-4H,2,5-6H2,(H,14,15). The molecule has 1 amide bonds. The van der Waals surface area contributed by atoms with Crippen molar-refractivity contribution in [2.75, 3.05) is 23.6 Å². The summed E-state index contributed by atoms with van der Waals surface area (Å²) in [4.78, 5) is 11.6. The minimum Gasteiger partial charge on any atom is -0.454 e. The fourth-order valence-electron chi connectivity index (χ4n) is 1.39. The highest BCUT2D eigenvalue weighted by molar-refractivity contribution is 8.00. The van der Waals surface area contributed by atoms with Gasteiger partial charge in [-0.25, -0.2) is 0 Å².